The molecule has 128 valence electrons. The Bertz CT molecular complexity index is 842. The van der Waals surface area contributed by atoms with E-state index in [1.165, 1.54) is 5.56 Å². The molecular formula is C20H21N3O2. The minimum Gasteiger partial charge on any atom is -0.441 e. The molecule has 0 aliphatic carbocycles. The first kappa shape index (κ1) is 15.8. The van der Waals surface area contributed by atoms with Crippen molar-refractivity contribution in [2.45, 2.75) is 24.8 Å². The van der Waals surface area contributed by atoms with E-state index < -0.39 is 0 Å². The van der Waals surface area contributed by atoms with Crippen molar-refractivity contribution < 1.29 is 9.21 Å². The van der Waals surface area contributed by atoms with Crippen molar-refractivity contribution in [3.8, 4) is 0 Å². The van der Waals surface area contributed by atoms with Crippen molar-refractivity contribution >= 4 is 17.0 Å². The molecule has 2 N–H and O–H groups in total. The maximum absolute atomic E-state index is 12.6. The molecule has 3 aromatic rings. The molecule has 1 fully saturated rings. The molecule has 2 heterocycles. The Kier molecular flexibility index (Phi) is 4.24. The highest BCUT2D eigenvalue weighted by atomic mass is 16.3. The first-order chi connectivity index (χ1) is 12.2. The van der Waals surface area contributed by atoms with Gasteiger partial charge in [0.05, 0.1) is 0 Å². The number of carbonyl (C=O) groups is 1. The number of para-hydroxylation sites is 2. The van der Waals surface area contributed by atoms with Gasteiger partial charge in [0.1, 0.15) is 5.52 Å². The van der Waals surface area contributed by atoms with Crippen LogP contribution in [-0.4, -0.2) is 34.9 Å². The van der Waals surface area contributed by atoms with Gasteiger partial charge >= 0.3 is 0 Å². The van der Waals surface area contributed by atoms with Crippen LogP contribution in [0.25, 0.3) is 11.1 Å². The monoisotopic (exact) mass is 335 g/mol. The number of nitrogens with zero attached hydrogens (tertiary/aromatic N) is 2. The number of rotatable bonds is 4. The summed E-state index contributed by atoms with van der Waals surface area (Å²) in [5, 5.41) is 0. The standard InChI is InChI=1S/C20H21N3O2/c21-16-13-23(12-15(16)14-6-2-1-3-7-14)20(24)11-10-19-22-17-8-4-5-9-18(17)25-19/h1-9,15-16H,10-13,21H2/t15-,16+/m0/s1. The summed E-state index contributed by atoms with van der Waals surface area (Å²) in [6.07, 6.45) is 0.899. The van der Waals surface area contributed by atoms with Crippen molar-refractivity contribution in [1.82, 2.24) is 9.88 Å². The predicted molar refractivity (Wildman–Crippen MR) is 96.1 cm³/mol. The van der Waals surface area contributed by atoms with Crippen LogP contribution in [0.1, 0.15) is 23.8 Å². The molecule has 5 heteroatoms. The predicted octanol–water partition coefficient (Wildman–Crippen LogP) is 2.71. The lowest BCUT2D eigenvalue weighted by molar-refractivity contribution is -0.130. The molecule has 1 aromatic heterocycles. The van der Waals surface area contributed by atoms with Gasteiger partial charge in [-0.1, -0.05) is 42.5 Å². The van der Waals surface area contributed by atoms with E-state index in [4.69, 9.17) is 10.2 Å². The van der Waals surface area contributed by atoms with Crippen LogP contribution in [0, 0.1) is 0 Å². The summed E-state index contributed by atoms with van der Waals surface area (Å²) in [4.78, 5) is 18.8. The van der Waals surface area contributed by atoms with Crippen LogP contribution in [-0.2, 0) is 11.2 Å². The molecule has 0 saturated carbocycles. The Morgan fingerprint density at radius 2 is 1.88 bits per heavy atom. The van der Waals surface area contributed by atoms with Crippen molar-refractivity contribution in [2.24, 2.45) is 5.73 Å². The van der Waals surface area contributed by atoms with Gasteiger partial charge in [0.2, 0.25) is 5.91 Å². The van der Waals surface area contributed by atoms with Gasteiger partial charge in [-0.15, -0.1) is 0 Å². The van der Waals surface area contributed by atoms with Gasteiger partial charge in [-0.25, -0.2) is 4.98 Å². The number of likely N-dealkylation sites (tertiary alicyclic amines) is 1. The van der Waals surface area contributed by atoms with E-state index in [2.05, 4.69) is 17.1 Å². The number of oxazole rings is 1. The zero-order valence-corrected chi connectivity index (χ0v) is 14.0. The summed E-state index contributed by atoms with van der Waals surface area (Å²) in [7, 11) is 0. The molecule has 25 heavy (non-hydrogen) atoms. The average Bonchev–Trinajstić information content (AvgIpc) is 3.23. The van der Waals surface area contributed by atoms with Gasteiger partial charge in [-0.05, 0) is 17.7 Å². The summed E-state index contributed by atoms with van der Waals surface area (Å²) in [6.45, 7) is 1.28. The number of benzene rings is 2. The number of amides is 1. The first-order valence-corrected chi connectivity index (χ1v) is 8.63. The van der Waals surface area contributed by atoms with E-state index in [0.717, 1.165) is 11.1 Å². The molecule has 1 aliphatic rings. The van der Waals surface area contributed by atoms with E-state index in [0.29, 0.717) is 31.8 Å². The van der Waals surface area contributed by atoms with Crippen molar-refractivity contribution in [1.29, 1.82) is 0 Å². The van der Waals surface area contributed by atoms with Crippen LogP contribution in [0.3, 0.4) is 0 Å². The zero-order valence-electron chi connectivity index (χ0n) is 14.0. The van der Waals surface area contributed by atoms with Gasteiger partial charge in [0.25, 0.3) is 0 Å². The molecule has 0 spiro atoms. The second kappa shape index (κ2) is 6.69. The summed E-state index contributed by atoms with van der Waals surface area (Å²) in [5.41, 5.74) is 9.06. The van der Waals surface area contributed by atoms with E-state index in [1.807, 2.05) is 47.4 Å². The van der Waals surface area contributed by atoms with Crippen LogP contribution in [0.15, 0.2) is 59.0 Å². The van der Waals surface area contributed by atoms with Crippen molar-refractivity contribution in [3.05, 3.63) is 66.1 Å². The lowest BCUT2D eigenvalue weighted by atomic mass is 9.95. The Balaban J connectivity index is 1.38. The van der Waals surface area contributed by atoms with Gasteiger partial charge < -0.3 is 15.1 Å². The molecule has 5 nitrogen and oxygen atoms in total. The lowest BCUT2D eigenvalue weighted by Crippen LogP contribution is -2.32. The Morgan fingerprint density at radius 3 is 2.68 bits per heavy atom. The Labute approximate surface area is 146 Å². The molecule has 2 atom stereocenters. The van der Waals surface area contributed by atoms with Gasteiger partial charge in [-0.2, -0.15) is 0 Å². The molecule has 4 rings (SSSR count). The third-order valence-electron chi connectivity index (χ3n) is 4.84. The average molecular weight is 335 g/mol. The summed E-state index contributed by atoms with van der Waals surface area (Å²) in [5.74, 6) is 0.920. The lowest BCUT2D eigenvalue weighted by Gasteiger charge is -2.16. The SMILES string of the molecule is N[C@@H]1CN(C(=O)CCc2nc3ccccc3o2)C[C@H]1c1ccccc1. The minimum absolute atomic E-state index is 0.0179. The number of hydrogen-bond acceptors (Lipinski definition) is 4. The fourth-order valence-electron chi connectivity index (χ4n) is 3.48. The number of fused-ring (bicyclic) bond motifs is 1. The number of aromatic nitrogens is 1. The van der Waals surface area contributed by atoms with E-state index in [9.17, 15) is 4.79 Å². The van der Waals surface area contributed by atoms with Crippen LogP contribution >= 0.6 is 0 Å². The fourth-order valence-corrected chi connectivity index (χ4v) is 3.48. The van der Waals surface area contributed by atoms with Crippen LogP contribution < -0.4 is 5.73 Å². The van der Waals surface area contributed by atoms with Crippen LogP contribution in [0.2, 0.25) is 0 Å². The van der Waals surface area contributed by atoms with Gasteiger partial charge in [0.15, 0.2) is 11.5 Å². The maximum Gasteiger partial charge on any atom is 0.223 e. The third kappa shape index (κ3) is 3.28. The molecule has 0 bridgehead atoms. The highest BCUT2D eigenvalue weighted by molar-refractivity contribution is 5.77. The molecule has 1 aliphatic heterocycles. The molecule has 1 saturated heterocycles. The Hall–Kier alpha value is -2.66. The largest absolute Gasteiger partial charge is 0.441 e. The second-order valence-electron chi connectivity index (χ2n) is 6.56. The molecule has 0 unspecified atom stereocenters. The maximum atomic E-state index is 12.6. The smallest absolute Gasteiger partial charge is 0.223 e. The van der Waals surface area contributed by atoms with Crippen LogP contribution in [0.4, 0.5) is 0 Å². The second-order valence-corrected chi connectivity index (χ2v) is 6.56. The Morgan fingerprint density at radius 1 is 1.12 bits per heavy atom. The van der Waals surface area contributed by atoms with Crippen molar-refractivity contribution in [2.75, 3.05) is 13.1 Å². The summed E-state index contributed by atoms with van der Waals surface area (Å²) in [6, 6.07) is 17.8. The summed E-state index contributed by atoms with van der Waals surface area (Å²) >= 11 is 0. The number of carbonyl (C=O) groups excluding carboxylic acids is 1. The quantitative estimate of drug-likeness (QED) is 0.796. The van der Waals surface area contributed by atoms with Crippen LogP contribution in [0.5, 0.6) is 0 Å². The minimum atomic E-state index is -0.0179. The fraction of sp³-hybridized carbons (Fsp3) is 0.300. The number of aryl methyl sites for hydroxylation is 1. The van der Waals surface area contributed by atoms with E-state index >= 15 is 0 Å². The molecular weight excluding hydrogens is 314 g/mol. The molecule has 2 aromatic carbocycles. The first-order valence-electron chi connectivity index (χ1n) is 8.63. The van der Waals surface area contributed by atoms with E-state index in [1.54, 1.807) is 0 Å². The highest BCUT2D eigenvalue weighted by Crippen LogP contribution is 2.27. The van der Waals surface area contributed by atoms with Gasteiger partial charge in [0, 0.05) is 37.9 Å². The third-order valence-corrected chi connectivity index (χ3v) is 4.84. The number of hydrogen-bond donors (Lipinski definition) is 1. The topological polar surface area (TPSA) is 72.4 Å². The molecule has 1 amide bonds. The highest BCUT2D eigenvalue weighted by Gasteiger charge is 2.33. The van der Waals surface area contributed by atoms with E-state index in [-0.39, 0.29) is 17.9 Å². The number of nitrogens with two attached hydrogens (primary N) is 1. The zero-order chi connectivity index (χ0) is 17.2. The normalized spacial score (nSPS) is 20.3. The summed E-state index contributed by atoms with van der Waals surface area (Å²) < 4.78 is 5.69. The van der Waals surface area contributed by atoms with Crippen molar-refractivity contribution in [3.63, 3.8) is 0 Å². The molecule has 0 radical (unpaired) electrons. The van der Waals surface area contributed by atoms with Gasteiger partial charge in [-0.3, -0.25) is 4.79 Å².